The van der Waals surface area contributed by atoms with Crippen molar-refractivity contribution in [1.82, 2.24) is 46.0 Å². The summed E-state index contributed by atoms with van der Waals surface area (Å²) in [5, 5.41) is 16.6. The van der Waals surface area contributed by atoms with Gasteiger partial charge in [0.2, 0.25) is 35.5 Å². The lowest BCUT2D eigenvalue weighted by Gasteiger charge is -2.19. The number of carbonyl (C=O) groups is 4. The van der Waals surface area contributed by atoms with E-state index in [1.54, 1.807) is 36.7 Å². The standard InChI is InChI=1S/C53H67Br2N13O8S2/c1-34-10-16-40(17-11-34)77(73,74)67-52(56)61-24-6-8-46(65-48(69)28-36-32-63-44-20-14-38(54)30-42(36)44)50(71)59-23-5-3-4-22-58-26-27-60-51(72)47(66-49(70)29-37-33-64-45-21-15-39(55)31-43(37)45)9-7-25-62-53(57)68-78(75,76)41-18-12-35(2)13-19-41/h10-21,30-33,46-47,58,63-64H,3-9,22-29H2,1-2H3,(H,59,71)(H,60,72)(H,65,69)(H,66,70)(H3,56,61,67)(H3,57,62,68)/t46-,47-/m1/s1. The van der Waals surface area contributed by atoms with Crippen LogP contribution in [0, 0.1) is 13.8 Å². The van der Waals surface area contributed by atoms with E-state index in [1.165, 1.54) is 24.3 Å². The number of carbonyl (C=O) groups excluding carboxylic acids is 4. The number of halogens is 2. The average molecular weight is 1240 g/mol. The summed E-state index contributed by atoms with van der Waals surface area (Å²) in [6.07, 6.45) is 6.79. The Labute approximate surface area is 471 Å². The molecule has 2 atom stereocenters. The first kappa shape index (κ1) is 60.4. The molecular weight excluding hydrogens is 1170 g/mol. The SMILES string of the molecule is Cc1ccc(S(=O)(=O)NC(N)=NCCC[C@@H](NC(=O)Cc2c[nH]c3ccc(Br)cc23)C(=O)NCCCCCNCCNC(=O)[C@@H](CCCN=C(N)NS(=O)(=O)c2ccc(C)cc2)NC(=O)Cc2c[nH]c3ccc(Br)cc23)cc1. The number of nitrogens with zero attached hydrogens (tertiary/aromatic N) is 2. The Kier molecular flexibility index (Phi) is 22.7. The first-order valence-electron chi connectivity index (χ1n) is 25.4. The number of aromatic nitrogens is 2. The second kappa shape index (κ2) is 29.3. The summed E-state index contributed by atoms with van der Waals surface area (Å²) >= 11 is 6.96. The molecule has 0 radical (unpaired) electrons. The van der Waals surface area contributed by atoms with Crippen LogP contribution in [-0.4, -0.2) is 114 Å². The Bertz CT molecular complexity index is 3090. The van der Waals surface area contributed by atoms with Gasteiger partial charge in [-0.1, -0.05) is 73.7 Å². The number of rotatable bonds is 29. The molecule has 0 spiro atoms. The van der Waals surface area contributed by atoms with Gasteiger partial charge in [-0.3, -0.25) is 29.2 Å². The molecule has 0 aliphatic heterocycles. The maximum atomic E-state index is 13.5. The number of aromatic amines is 2. The van der Waals surface area contributed by atoms with Gasteiger partial charge in [0.1, 0.15) is 12.1 Å². The molecule has 0 bridgehead atoms. The molecule has 2 aromatic heterocycles. The highest BCUT2D eigenvalue weighted by Crippen LogP contribution is 2.25. The number of unbranched alkanes of at least 4 members (excludes halogenated alkanes) is 2. The number of nitrogens with two attached hydrogens (primary N) is 2. The zero-order valence-electron chi connectivity index (χ0n) is 43.4. The van der Waals surface area contributed by atoms with E-state index >= 15 is 0 Å². The number of fused-ring (bicyclic) bond motifs is 2. The zero-order chi connectivity index (χ0) is 56.2. The van der Waals surface area contributed by atoms with Crippen LogP contribution in [0.25, 0.3) is 21.8 Å². The molecule has 0 fully saturated rings. The van der Waals surface area contributed by atoms with Crippen LogP contribution in [0.5, 0.6) is 0 Å². The van der Waals surface area contributed by atoms with E-state index < -0.39 is 38.0 Å². The van der Waals surface area contributed by atoms with Crippen molar-refractivity contribution in [2.75, 3.05) is 39.3 Å². The minimum atomic E-state index is -3.95. The van der Waals surface area contributed by atoms with Crippen molar-refractivity contribution in [3.8, 4) is 0 Å². The van der Waals surface area contributed by atoms with Crippen LogP contribution in [0.15, 0.2) is 126 Å². The van der Waals surface area contributed by atoms with Crippen LogP contribution >= 0.6 is 31.9 Å². The average Bonchev–Trinajstić information content (AvgIpc) is 4.03. The first-order valence-corrected chi connectivity index (χ1v) is 30.0. The van der Waals surface area contributed by atoms with Crippen LogP contribution in [-0.2, 0) is 52.1 Å². The molecule has 0 unspecified atom stereocenters. The molecular formula is C53H67Br2N13O8S2. The molecule has 0 aliphatic rings. The van der Waals surface area contributed by atoms with Crippen LogP contribution < -0.4 is 47.5 Å². The topological polar surface area (TPSA) is 329 Å². The number of nitrogens with one attached hydrogen (secondary N) is 9. The summed E-state index contributed by atoms with van der Waals surface area (Å²) in [5.41, 5.74) is 16.9. The summed E-state index contributed by atoms with van der Waals surface area (Å²) < 4.78 is 57.4. The third kappa shape index (κ3) is 19.0. The molecule has 4 amide bonds. The summed E-state index contributed by atoms with van der Waals surface area (Å²) in [5.74, 6) is -2.06. The lowest BCUT2D eigenvalue weighted by atomic mass is 10.1. The van der Waals surface area contributed by atoms with Gasteiger partial charge in [-0.15, -0.1) is 0 Å². The van der Waals surface area contributed by atoms with Gasteiger partial charge in [-0.05, 0) is 131 Å². The van der Waals surface area contributed by atoms with E-state index in [-0.39, 0.29) is 84.7 Å². The third-order valence-corrected chi connectivity index (χ3v) is 16.1. The summed E-state index contributed by atoms with van der Waals surface area (Å²) in [6.45, 7) is 5.57. The van der Waals surface area contributed by atoms with E-state index in [0.717, 1.165) is 65.8 Å². The Hall–Kier alpha value is -6.80. The van der Waals surface area contributed by atoms with E-state index in [1.807, 2.05) is 50.2 Å². The largest absolute Gasteiger partial charge is 0.369 e. The molecule has 6 rings (SSSR count). The Morgan fingerprint density at radius 2 is 0.974 bits per heavy atom. The predicted molar refractivity (Wildman–Crippen MR) is 310 cm³/mol. The second-order valence-corrected chi connectivity index (χ2v) is 23.8. The predicted octanol–water partition coefficient (Wildman–Crippen LogP) is 4.68. The fraction of sp³-hybridized carbons (Fsp3) is 0.358. The van der Waals surface area contributed by atoms with Gasteiger partial charge in [-0.25, -0.2) is 26.3 Å². The summed E-state index contributed by atoms with van der Waals surface area (Å²) in [4.78, 5) is 68.5. The van der Waals surface area contributed by atoms with E-state index in [4.69, 9.17) is 11.5 Å². The molecule has 2 heterocycles. The summed E-state index contributed by atoms with van der Waals surface area (Å²) in [6, 6.07) is 22.2. The van der Waals surface area contributed by atoms with Crippen molar-refractivity contribution in [3.05, 3.63) is 129 Å². The lowest BCUT2D eigenvalue weighted by molar-refractivity contribution is -0.128. The summed E-state index contributed by atoms with van der Waals surface area (Å²) in [7, 11) is -7.89. The number of hydrogen-bond acceptors (Lipinski definition) is 11. The minimum Gasteiger partial charge on any atom is -0.369 e. The first-order chi connectivity index (χ1) is 37.3. The van der Waals surface area contributed by atoms with Crippen molar-refractivity contribution < 1.29 is 36.0 Å². The van der Waals surface area contributed by atoms with Gasteiger partial charge in [-0.2, -0.15) is 0 Å². The number of sulfonamides is 2. The van der Waals surface area contributed by atoms with Gasteiger partial charge in [0, 0.05) is 75.9 Å². The second-order valence-electron chi connectivity index (χ2n) is 18.6. The normalized spacial score (nSPS) is 13.0. The molecule has 78 heavy (non-hydrogen) atoms. The number of H-pyrrole nitrogens is 2. The van der Waals surface area contributed by atoms with Crippen LogP contribution in [0.1, 0.15) is 67.2 Å². The maximum absolute atomic E-state index is 13.5. The van der Waals surface area contributed by atoms with Crippen LogP contribution in [0.3, 0.4) is 0 Å². The highest BCUT2D eigenvalue weighted by molar-refractivity contribution is 9.10. The number of amides is 4. The molecule has 418 valence electrons. The molecule has 13 N–H and O–H groups in total. The van der Waals surface area contributed by atoms with Crippen molar-refractivity contribution in [2.24, 2.45) is 21.5 Å². The number of aryl methyl sites for hydroxylation is 2. The maximum Gasteiger partial charge on any atom is 0.264 e. The molecule has 6 aromatic rings. The number of benzene rings is 4. The van der Waals surface area contributed by atoms with Gasteiger partial charge in [0.05, 0.1) is 22.6 Å². The zero-order valence-corrected chi connectivity index (χ0v) is 48.2. The quantitative estimate of drug-likeness (QED) is 0.0174. The number of aliphatic imine (C=N–C) groups is 2. The van der Waals surface area contributed by atoms with Gasteiger partial charge < -0.3 is 48.0 Å². The molecule has 25 heteroatoms. The number of guanidine groups is 2. The van der Waals surface area contributed by atoms with Gasteiger partial charge in [0.25, 0.3) is 20.0 Å². The number of hydrogen-bond donors (Lipinski definition) is 11. The fourth-order valence-electron chi connectivity index (χ4n) is 8.26. The van der Waals surface area contributed by atoms with Crippen LogP contribution in [0.4, 0.5) is 0 Å². The molecule has 0 aliphatic carbocycles. The van der Waals surface area contributed by atoms with Gasteiger partial charge >= 0.3 is 0 Å². The fourth-order valence-corrected chi connectivity index (χ4v) is 10.9. The Balaban J connectivity index is 0.937. The Morgan fingerprint density at radius 3 is 1.42 bits per heavy atom. The highest BCUT2D eigenvalue weighted by Gasteiger charge is 2.24. The van der Waals surface area contributed by atoms with Gasteiger partial charge in [0.15, 0.2) is 0 Å². The Morgan fingerprint density at radius 1 is 0.551 bits per heavy atom. The molecule has 0 saturated heterocycles. The van der Waals surface area contributed by atoms with Crippen molar-refractivity contribution >= 4 is 109 Å². The molecule has 21 nitrogen and oxygen atoms in total. The monoisotopic (exact) mass is 1240 g/mol. The molecule has 4 aromatic carbocycles. The van der Waals surface area contributed by atoms with E-state index in [2.05, 4.69) is 87.8 Å². The minimum absolute atomic E-state index is 0.0243. The molecule has 0 saturated carbocycles. The lowest BCUT2D eigenvalue weighted by Crippen LogP contribution is -2.48. The highest BCUT2D eigenvalue weighted by atomic mass is 79.9. The van der Waals surface area contributed by atoms with Crippen molar-refractivity contribution in [1.29, 1.82) is 0 Å². The van der Waals surface area contributed by atoms with E-state index in [0.29, 0.717) is 38.9 Å². The smallest absolute Gasteiger partial charge is 0.264 e. The van der Waals surface area contributed by atoms with E-state index in [9.17, 15) is 36.0 Å². The third-order valence-electron chi connectivity index (χ3n) is 12.4. The van der Waals surface area contributed by atoms with Crippen molar-refractivity contribution in [3.63, 3.8) is 0 Å². The van der Waals surface area contributed by atoms with Crippen molar-refractivity contribution in [2.45, 2.75) is 93.5 Å². The van der Waals surface area contributed by atoms with Crippen LogP contribution in [0.2, 0.25) is 0 Å².